The van der Waals surface area contributed by atoms with Gasteiger partial charge in [-0.3, -0.25) is 4.79 Å². The van der Waals surface area contributed by atoms with Crippen LogP contribution in [0.3, 0.4) is 0 Å². The van der Waals surface area contributed by atoms with E-state index in [1.165, 1.54) is 0 Å². The van der Waals surface area contributed by atoms with Crippen LogP contribution in [0.4, 0.5) is 0 Å². The number of benzene rings is 1. The Bertz CT molecular complexity index is 730. The van der Waals surface area contributed by atoms with Gasteiger partial charge in [0, 0.05) is 21.4 Å². The topological polar surface area (TPSA) is 42.0 Å². The van der Waals surface area contributed by atoms with E-state index < -0.39 is 0 Å². The number of thiazole rings is 1. The van der Waals surface area contributed by atoms with Crippen molar-refractivity contribution in [2.24, 2.45) is 0 Å². The van der Waals surface area contributed by atoms with Crippen LogP contribution in [0.15, 0.2) is 47.2 Å². The van der Waals surface area contributed by atoms with E-state index in [1.807, 2.05) is 54.1 Å². The highest BCUT2D eigenvalue weighted by molar-refractivity contribution is 7.10. The van der Waals surface area contributed by atoms with E-state index in [4.69, 9.17) is 0 Å². The van der Waals surface area contributed by atoms with Crippen molar-refractivity contribution in [1.29, 1.82) is 0 Å². The van der Waals surface area contributed by atoms with Crippen LogP contribution < -0.4 is 5.32 Å². The fourth-order valence-electron chi connectivity index (χ4n) is 1.97. The molecule has 0 unspecified atom stereocenters. The van der Waals surface area contributed by atoms with Gasteiger partial charge in [-0.2, -0.15) is 0 Å². The van der Waals surface area contributed by atoms with Crippen molar-refractivity contribution >= 4 is 28.6 Å². The molecule has 3 nitrogen and oxygen atoms in total. The van der Waals surface area contributed by atoms with Gasteiger partial charge in [-0.25, -0.2) is 4.98 Å². The van der Waals surface area contributed by atoms with Crippen molar-refractivity contribution in [3.05, 3.63) is 62.6 Å². The van der Waals surface area contributed by atoms with Crippen LogP contribution in [0.25, 0.3) is 11.3 Å². The van der Waals surface area contributed by atoms with E-state index in [0.29, 0.717) is 12.1 Å². The molecular weight excluding hydrogens is 300 g/mol. The molecule has 2 aromatic heterocycles. The van der Waals surface area contributed by atoms with Crippen molar-refractivity contribution in [3.8, 4) is 11.3 Å². The highest BCUT2D eigenvalue weighted by Crippen LogP contribution is 2.21. The molecule has 3 aromatic rings. The van der Waals surface area contributed by atoms with Crippen LogP contribution in [0, 0.1) is 6.92 Å². The zero-order chi connectivity index (χ0) is 14.7. The predicted molar refractivity (Wildman–Crippen MR) is 87.8 cm³/mol. The molecule has 2 heterocycles. The number of hydrogen-bond donors (Lipinski definition) is 1. The number of amides is 1. The maximum absolute atomic E-state index is 12.1. The molecule has 0 atom stereocenters. The summed E-state index contributed by atoms with van der Waals surface area (Å²) in [5.41, 5.74) is 2.67. The maximum Gasteiger partial charge on any atom is 0.251 e. The van der Waals surface area contributed by atoms with Crippen LogP contribution in [-0.4, -0.2) is 10.9 Å². The van der Waals surface area contributed by atoms with Crippen molar-refractivity contribution in [2.75, 3.05) is 0 Å². The summed E-state index contributed by atoms with van der Waals surface area (Å²) >= 11 is 3.27. The lowest BCUT2D eigenvalue weighted by atomic mass is 10.1. The van der Waals surface area contributed by atoms with Gasteiger partial charge in [0.15, 0.2) is 0 Å². The summed E-state index contributed by atoms with van der Waals surface area (Å²) in [6, 6.07) is 11.6. The van der Waals surface area contributed by atoms with Gasteiger partial charge in [-0.15, -0.1) is 22.7 Å². The van der Waals surface area contributed by atoms with E-state index in [2.05, 4.69) is 10.3 Å². The van der Waals surface area contributed by atoms with Gasteiger partial charge in [0.05, 0.1) is 17.2 Å². The van der Waals surface area contributed by atoms with Crippen LogP contribution in [-0.2, 0) is 6.54 Å². The Balaban J connectivity index is 1.67. The van der Waals surface area contributed by atoms with E-state index in [0.717, 1.165) is 21.1 Å². The smallest absolute Gasteiger partial charge is 0.251 e. The average molecular weight is 314 g/mol. The lowest BCUT2D eigenvalue weighted by molar-refractivity contribution is 0.0951. The quantitative estimate of drug-likeness (QED) is 0.787. The van der Waals surface area contributed by atoms with E-state index in [-0.39, 0.29) is 5.91 Å². The lowest BCUT2D eigenvalue weighted by Gasteiger charge is -2.04. The minimum Gasteiger partial charge on any atom is -0.347 e. The summed E-state index contributed by atoms with van der Waals surface area (Å²) in [5.74, 6) is -0.0515. The monoisotopic (exact) mass is 314 g/mol. The Morgan fingerprint density at radius 3 is 2.62 bits per heavy atom. The Hall–Kier alpha value is -1.98. The minimum absolute atomic E-state index is 0.0515. The first kappa shape index (κ1) is 14.0. The SMILES string of the molecule is Cc1nc(-c2ccc(C(=O)NCc3cccs3)cc2)cs1. The molecule has 0 saturated heterocycles. The Labute approximate surface area is 131 Å². The summed E-state index contributed by atoms with van der Waals surface area (Å²) in [5, 5.41) is 8.00. The molecule has 106 valence electrons. The Morgan fingerprint density at radius 2 is 2.00 bits per heavy atom. The summed E-state index contributed by atoms with van der Waals surface area (Å²) < 4.78 is 0. The Morgan fingerprint density at radius 1 is 1.19 bits per heavy atom. The molecule has 0 fully saturated rings. The fourth-order valence-corrected chi connectivity index (χ4v) is 3.24. The number of thiophene rings is 1. The number of hydrogen-bond acceptors (Lipinski definition) is 4. The molecule has 0 radical (unpaired) electrons. The molecule has 1 aromatic carbocycles. The van der Waals surface area contributed by atoms with Gasteiger partial charge in [0.1, 0.15) is 0 Å². The second kappa shape index (κ2) is 6.20. The molecule has 0 aliphatic heterocycles. The molecule has 0 aliphatic carbocycles. The highest BCUT2D eigenvalue weighted by atomic mass is 32.1. The zero-order valence-corrected chi connectivity index (χ0v) is 13.1. The summed E-state index contributed by atoms with van der Waals surface area (Å²) in [4.78, 5) is 17.7. The van der Waals surface area contributed by atoms with Gasteiger partial charge in [0.2, 0.25) is 0 Å². The zero-order valence-electron chi connectivity index (χ0n) is 11.5. The first-order chi connectivity index (χ1) is 10.2. The van der Waals surface area contributed by atoms with Crippen LogP contribution in [0.1, 0.15) is 20.2 Å². The minimum atomic E-state index is -0.0515. The summed E-state index contributed by atoms with van der Waals surface area (Å²) in [7, 11) is 0. The molecule has 5 heteroatoms. The predicted octanol–water partition coefficient (Wildman–Crippen LogP) is 4.11. The van der Waals surface area contributed by atoms with Crippen LogP contribution in [0.2, 0.25) is 0 Å². The molecule has 0 bridgehead atoms. The summed E-state index contributed by atoms with van der Waals surface area (Å²) in [6.45, 7) is 2.56. The van der Waals surface area contributed by atoms with E-state index >= 15 is 0 Å². The molecular formula is C16H14N2OS2. The van der Waals surface area contributed by atoms with Crippen molar-refractivity contribution < 1.29 is 4.79 Å². The van der Waals surface area contributed by atoms with Crippen LogP contribution in [0.5, 0.6) is 0 Å². The van der Waals surface area contributed by atoms with Gasteiger partial charge < -0.3 is 5.32 Å². The normalized spacial score (nSPS) is 10.5. The number of carbonyl (C=O) groups excluding carboxylic acids is 1. The number of carbonyl (C=O) groups is 1. The average Bonchev–Trinajstić information content (AvgIpc) is 3.16. The second-order valence-corrected chi connectivity index (χ2v) is 6.69. The highest BCUT2D eigenvalue weighted by Gasteiger charge is 2.07. The Kier molecular flexibility index (Phi) is 4.13. The van der Waals surface area contributed by atoms with Crippen molar-refractivity contribution in [2.45, 2.75) is 13.5 Å². The lowest BCUT2D eigenvalue weighted by Crippen LogP contribution is -2.22. The molecule has 0 saturated carbocycles. The van der Waals surface area contributed by atoms with Crippen LogP contribution >= 0.6 is 22.7 Å². The number of nitrogens with zero attached hydrogens (tertiary/aromatic N) is 1. The molecule has 1 N–H and O–H groups in total. The first-order valence-electron chi connectivity index (χ1n) is 6.55. The maximum atomic E-state index is 12.1. The fraction of sp³-hybridized carbons (Fsp3) is 0.125. The third kappa shape index (κ3) is 3.37. The number of rotatable bonds is 4. The second-order valence-electron chi connectivity index (χ2n) is 4.59. The third-order valence-electron chi connectivity index (χ3n) is 3.07. The molecule has 3 rings (SSSR count). The summed E-state index contributed by atoms with van der Waals surface area (Å²) in [6.07, 6.45) is 0. The van der Waals surface area contributed by atoms with Gasteiger partial charge in [-0.05, 0) is 30.5 Å². The van der Waals surface area contributed by atoms with E-state index in [1.54, 1.807) is 22.7 Å². The van der Waals surface area contributed by atoms with Gasteiger partial charge in [-0.1, -0.05) is 18.2 Å². The molecule has 21 heavy (non-hydrogen) atoms. The number of aromatic nitrogens is 1. The third-order valence-corrected chi connectivity index (χ3v) is 4.72. The van der Waals surface area contributed by atoms with E-state index in [9.17, 15) is 4.79 Å². The number of aryl methyl sites for hydroxylation is 1. The largest absolute Gasteiger partial charge is 0.347 e. The standard InChI is InChI=1S/C16H14N2OS2/c1-11-18-15(10-21-11)12-4-6-13(7-5-12)16(19)17-9-14-3-2-8-20-14/h2-8,10H,9H2,1H3,(H,17,19). The first-order valence-corrected chi connectivity index (χ1v) is 8.31. The molecule has 0 aliphatic rings. The number of nitrogens with one attached hydrogen (secondary N) is 1. The van der Waals surface area contributed by atoms with Crippen molar-refractivity contribution in [1.82, 2.24) is 10.3 Å². The van der Waals surface area contributed by atoms with Gasteiger partial charge >= 0.3 is 0 Å². The van der Waals surface area contributed by atoms with Crippen molar-refractivity contribution in [3.63, 3.8) is 0 Å². The molecule has 1 amide bonds. The molecule has 0 spiro atoms. The van der Waals surface area contributed by atoms with Gasteiger partial charge in [0.25, 0.3) is 5.91 Å².